The summed E-state index contributed by atoms with van der Waals surface area (Å²) in [6.07, 6.45) is 1.05. The van der Waals surface area contributed by atoms with E-state index >= 15 is 0 Å². The van der Waals surface area contributed by atoms with Crippen LogP contribution in [0.3, 0.4) is 0 Å². The van der Waals surface area contributed by atoms with Crippen molar-refractivity contribution in [2.24, 2.45) is 0 Å². The lowest BCUT2D eigenvalue weighted by Gasteiger charge is -2.35. The molecule has 0 radical (unpaired) electrons. The summed E-state index contributed by atoms with van der Waals surface area (Å²) >= 11 is 0. The molecule has 3 aromatic rings. The molecular formula is C25H28N2O4. The van der Waals surface area contributed by atoms with Crippen LogP contribution in [0.1, 0.15) is 57.7 Å². The monoisotopic (exact) mass is 420 g/mol. The maximum Gasteiger partial charge on any atom is 0.343 e. The van der Waals surface area contributed by atoms with Crippen LogP contribution >= 0.6 is 0 Å². The minimum Gasteiger partial charge on any atom is -0.458 e. The SMILES string of the molecule is CC(C)O[C@]1(C)C(=O)OCc2c1cc1n(c2=O)Cc2cc3ccccc3nc2-1.CCC. The number of carbonyl (C=O) groups excluding carboxylic acids is 1. The smallest absolute Gasteiger partial charge is 0.343 e. The highest BCUT2D eigenvalue weighted by Gasteiger charge is 2.46. The Labute approximate surface area is 181 Å². The molecule has 162 valence electrons. The van der Waals surface area contributed by atoms with Gasteiger partial charge in [0, 0.05) is 16.5 Å². The Morgan fingerprint density at radius 1 is 1.19 bits per heavy atom. The number of para-hydroxylation sites is 1. The van der Waals surface area contributed by atoms with Gasteiger partial charge in [-0.2, -0.15) is 0 Å². The zero-order valence-corrected chi connectivity index (χ0v) is 18.7. The molecule has 0 aliphatic carbocycles. The molecule has 1 aromatic carbocycles. The highest BCUT2D eigenvalue weighted by Crippen LogP contribution is 2.39. The maximum atomic E-state index is 13.2. The Kier molecular flexibility index (Phi) is 5.43. The first-order valence-corrected chi connectivity index (χ1v) is 10.8. The molecule has 0 fully saturated rings. The van der Waals surface area contributed by atoms with Crippen LogP contribution in [0.25, 0.3) is 22.3 Å². The standard InChI is InChI=1S/C22H20N2O4.C3H8/c1-12(2)28-22(3)16-9-18-19-14(8-13-6-4-5-7-17(13)23-19)10-24(18)20(25)15(16)11-27-21(22)26;1-3-2/h4-9,12H,10-11H2,1-3H3;3H2,1-2H3/t22-;/m0./s1. The lowest BCUT2D eigenvalue weighted by molar-refractivity contribution is -0.183. The average molecular weight is 421 g/mol. The number of esters is 1. The Hall–Kier alpha value is -2.99. The van der Waals surface area contributed by atoms with Crippen molar-refractivity contribution < 1.29 is 14.3 Å². The molecule has 0 N–H and O–H groups in total. The number of aromatic nitrogens is 2. The summed E-state index contributed by atoms with van der Waals surface area (Å²) in [6.45, 7) is 10.1. The van der Waals surface area contributed by atoms with Gasteiger partial charge < -0.3 is 14.0 Å². The predicted octanol–water partition coefficient (Wildman–Crippen LogP) is 4.54. The molecular weight excluding hydrogens is 392 g/mol. The van der Waals surface area contributed by atoms with Crippen molar-refractivity contribution in [1.82, 2.24) is 9.55 Å². The topological polar surface area (TPSA) is 70.4 Å². The number of nitrogens with zero attached hydrogens (tertiary/aromatic N) is 2. The van der Waals surface area contributed by atoms with Crippen LogP contribution in [0.2, 0.25) is 0 Å². The minimum absolute atomic E-state index is 0.0317. The van der Waals surface area contributed by atoms with Crippen LogP contribution in [0.5, 0.6) is 0 Å². The summed E-state index contributed by atoms with van der Waals surface area (Å²) < 4.78 is 13.0. The normalized spacial score (nSPS) is 18.7. The molecule has 2 aromatic heterocycles. The first-order chi connectivity index (χ1) is 14.8. The van der Waals surface area contributed by atoms with Crippen LogP contribution in [0.4, 0.5) is 0 Å². The van der Waals surface area contributed by atoms with Gasteiger partial charge in [0.1, 0.15) is 6.61 Å². The summed E-state index contributed by atoms with van der Waals surface area (Å²) in [7, 11) is 0. The number of rotatable bonds is 2. The number of cyclic esters (lactones) is 1. The fourth-order valence-electron chi connectivity index (χ4n) is 4.25. The number of pyridine rings is 2. The van der Waals surface area contributed by atoms with Crippen LogP contribution in [-0.2, 0) is 33.0 Å². The molecule has 31 heavy (non-hydrogen) atoms. The van der Waals surface area contributed by atoms with Crippen molar-refractivity contribution in [3.8, 4) is 11.4 Å². The average Bonchev–Trinajstić information content (AvgIpc) is 3.08. The summed E-state index contributed by atoms with van der Waals surface area (Å²) in [6, 6.07) is 11.8. The fraction of sp³-hybridized carbons (Fsp3) is 0.400. The second kappa shape index (κ2) is 7.93. The van der Waals surface area contributed by atoms with E-state index in [1.165, 1.54) is 6.42 Å². The van der Waals surface area contributed by atoms with E-state index in [1.807, 2.05) is 44.2 Å². The Balaban J connectivity index is 0.000000730. The lowest BCUT2D eigenvalue weighted by atomic mass is 9.89. The van der Waals surface area contributed by atoms with E-state index in [2.05, 4.69) is 19.9 Å². The third-order valence-corrected chi connectivity index (χ3v) is 5.50. The molecule has 0 unspecified atom stereocenters. The van der Waals surface area contributed by atoms with Crippen molar-refractivity contribution in [2.45, 2.75) is 65.9 Å². The summed E-state index contributed by atoms with van der Waals surface area (Å²) in [5, 5.41) is 1.04. The number of carbonyl (C=O) groups is 1. The molecule has 0 spiro atoms. The first-order valence-electron chi connectivity index (χ1n) is 10.8. The summed E-state index contributed by atoms with van der Waals surface area (Å²) in [5.41, 5.74) is 2.97. The van der Waals surface area contributed by atoms with E-state index in [0.717, 1.165) is 27.9 Å². The van der Waals surface area contributed by atoms with Crippen LogP contribution in [0, 0.1) is 0 Å². The maximum absolute atomic E-state index is 13.2. The third-order valence-electron chi connectivity index (χ3n) is 5.50. The molecule has 2 aliphatic heterocycles. The Morgan fingerprint density at radius 3 is 2.61 bits per heavy atom. The highest BCUT2D eigenvalue weighted by molar-refractivity contribution is 5.86. The zero-order chi connectivity index (χ0) is 22.3. The van der Waals surface area contributed by atoms with E-state index < -0.39 is 11.6 Å². The van der Waals surface area contributed by atoms with Gasteiger partial charge in [0.2, 0.25) is 0 Å². The van der Waals surface area contributed by atoms with Crippen molar-refractivity contribution >= 4 is 16.9 Å². The second-order valence-corrected chi connectivity index (χ2v) is 8.48. The summed E-state index contributed by atoms with van der Waals surface area (Å²) in [5.74, 6) is -0.470. The van der Waals surface area contributed by atoms with Crippen LogP contribution < -0.4 is 5.56 Å². The van der Waals surface area contributed by atoms with E-state index in [0.29, 0.717) is 17.7 Å². The number of hydrogen-bond donors (Lipinski definition) is 0. The van der Waals surface area contributed by atoms with Gasteiger partial charge in [-0.3, -0.25) is 4.79 Å². The van der Waals surface area contributed by atoms with Crippen molar-refractivity contribution in [2.75, 3.05) is 0 Å². The van der Waals surface area contributed by atoms with Crippen molar-refractivity contribution in [1.29, 1.82) is 0 Å². The van der Waals surface area contributed by atoms with Gasteiger partial charge in [-0.05, 0) is 39.0 Å². The van der Waals surface area contributed by atoms with E-state index in [9.17, 15) is 9.59 Å². The van der Waals surface area contributed by atoms with Crippen LogP contribution in [-0.4, -0.2) is 21.6 Å². The van der Waals surface area contributed by atoms with Gasteiger partial charge in [0.25, 0.3) is 5.56 Å². The van der Waals surface area contributed by atoms with E-state index in [4.69, 9.17) is 14.5 Å². The first kappa shape index (κ1) is 21.2. The molecule has 0 bridgehead atoms. The molecule has 6 heteroatoms. The van der Waals surface area contributed by atoms with Gasteiger partial charge in [-0.25, -0.2) is 9.78 Å². The number of ether oxygens (including phenoxy) is 2. The fourth-order valence-corrected chi connectivity index (χ4v) is 4.25. The molecule has 5 rings (SSSR count). The van der Waals surface area contributed by atoms with Gasteiger partial charge in [0.05, 0.1) is 35.1 Å². The minimum atomic E-state index is -1.31. The quantitative estimate of drug-likeness (QED) is 0.445. The number of benzene rings is 1. The van der Waals surface area contributed by atoms with Gasteiger partial charge in [-0.1, -0.05) is 38.5 Å². The highest BCUT2D eigenvalue weighted by atomic mass is 16.6. The molecule has 0 saturated heterocycles. The van der Waals surface area contributed by atoms with Gasteiger partial charge in [0.15, 0.2) is 5.60 Å². The van der Waals surface area contributed by atoms with Gasteiger partial charge in [-0.15, -0.1) is 0 Å². The molecule has 1 atom stereocenters. The summed E-state index contributed by atoms with van der Waals surface area (Å²) in [4.78, 5) is 30.6. The zero-order valence-electron chi connectivity index (χ0n) is 18.7. The second-order valence-electron chi connectivity index (χ2n) is 8.48. The van der Waals surface area contributed by atoms with E-state index in [1.54, 1.807) is 11.5 Å². The molecule has 2 aliphatic rings. The molecule has 6 nitrogen and oxygen atoms in total. The third kappa shape index (κ3) is 3.45. The van der Waals surface area contributed by atoms with Crippen molar-refractivity contribution in [3.63, 3.8) is 0 Å². The predicted molar refractivity (Wildman–Crippen MR) is 120 cm³/mol. The Bertz CT molecular complexity index is 1230. The van der Waals surface area contributed by atoms with Crippen LogP contribution in [0.15, 0.2) is 41.2 Å². The lowest BCUT2D eigenvalue weighted by Crippen LogP contribution is -2.45. The van der Waals surface area contributed by atoms with Gasteiger partial charge >= 0.3 is 5.97 Å². The van der Waals surface area contributed by atoms with Crippen molar-refractivity contribution in [3.05, 3.63) is 63.4 Å². The number of hydrogen-bond acceptors (Lipinski definition) is 5. The molecule has 0 saturated carbocycles. The molecule has 4 heterocycles. The molecule has 0 amide bonds. The van der Waals surface area contributed by atoms with E-state index in [-0.39, 0.29) is 18.3 Å². The largest absolute Gasteiger partial charge is 0.458 e. The number of fused-ring (bicyclic) bond motifs is 5. The Morgan fingerprint density at radius 2 is 1.90 bits per heavy atom.